The first-order valence-electron chi connectivity index (χ1n) is 14.9. The fourth-order valence-electron chi connectivity index (χ4n) is 4.84. The van der Waals surface area contributed by atoms with E-state index in [1.165, 1.54) is 5.56 Å². The molecule has 50 heavy (non-hydrogen) atoms. The van der Waals surface area contributed by atoms with E-state index in [1.807, 2.05) is 24.3 Å². The molecular weight excluding hydrogens is 698 g/mol. The number of carboxylic acid groups (broad SMARTS) is 2. The second kappa shape index (κ2) is 17.3. The summed E-state index contributed by atoms with van der Waals surface area (Å²) >= 11 is 5.99. The summed E-state index contributed by atoms with van der Waals surface area (Å²) in [5.74, 6) is -5.78. The molecule has 1 saturated heterocycles. The number of piperazine rings is 1. The summed E-state index contributed by atoms with van der Waals surface area (Å²) < 4.78 is 63.5. The number of nitrogens with zero attached hydrogens (tertiary/aromatic N) is 4. The molecule has 2 heterocycles. The lowest BCUT2D eigenvalue weighted by Crippen LogP contribution is -2.43. The fourth-order valence-corrected chi connectivity index (χ4v) is 4.97. The fraction of sp³-hybridized carbons (Fsp3) is 0.333. The number of carbonyl (C=O) groups excluding carboxylic acids is 2. The molecule has 2 aliphatic heterocycles. The normalized spacial score (nSPS) is 15.5. The molecule has 2 aliphatic rings. The third-order valence-corrected chi connectivity index (χ3v) is 7.75. The number of aliphatic carboxylic acids is 2. The summed E-state index contributed by atoms with van der Waals surface area (Å²) in [5.41, 5.74) is 4.69. The highest BCUT2D eigenvalue weighted by atomic mass is 35.5. The van der Waals surface area contributed by atoms with Crippen molar-refractivity contribution < 1.29 is 55.7 Å². The van der Waals surface area contributed by atoms with Crippen LogP contribution >= 0.6 is 11.6 Å². The van der Waals surface area contributed by atoms with Crippen molar-refractivity contribution in [1.82, 2.24) is 14.7 Å². The second-order valence-electron chi connectivity index (χ2n) is 11.3. The van der Waals surface area contributed by atoms with Gasteiger partial charge in [-0.15, -0.1) is 0 Å². The molecular formula is C33H33ClF6N4O6. The molecule has 3 aromatic rings. The quantitative estimate of drug-likeness (QED) is 0.329. The van der Waals surface area contributed by atoms with Crippen LogP contribution in [-0.2, 0) is 34.0 Å². The number of anilines is 1. The highest BCUT2D eigenvalue weighted by Gasteiger charge is 2.39. The molecule has 10 nitrogen and oxygen atoms in total. The molecule has 0 unspecified atom stereocenters. The first-order valence-corrected chi connectivity index (χ1v) is 15.2. The van der Waals surface area contributed by atoms with Gasteiger partial charge >= 0.3 is 24.3 Å². The van der Waals surface area contributed by atoms with E-state index in [1.54, 1.807) is 34.1 Å². The molecule has 0 aliphatic carbocycles. The third-order valence-electron chi connectivity index (χ3n) is 7.50. The van der Waals surface area contributed by atoms with Crippen molar-refractivity contribution in [1.29, 1.82) is 0 Å². The van der Waals surface area contributed by atoms with Gasteiger partial charge in [-0.25, -0.2) is 9.59 Å². The average molecular weight is 731 g/mol. The lowest BCUT2D eigenvalue weighted by atomic mass is 10.1. The van der Waals surface area contributed by atoms with Gasteiger partial charge in [0.25, 0.3) is 5.91 Å². The summed E-state index contributed by atoms with van der Waals surface area (Å²) in [6.07, 6.45) is -10.2. The van der Waals surface area contributed by atoms with E-state index in [9.17, 15) is 35.9 Å². The smallest absolute Gasteiger partial charge is 0.475 e. The number of rotatable bonds is 5. The molecule has 17 heteroatoms. The molecule has 0 aromatic heterocycles. The number of para-hydroxylation sites is 1. The summed E-state index contributed by atoms with van der Waals surface area (Å²) in [6.45, 7) is 6.19. The minimum atomic E-state index is -5.08. The molecule has 270 valence electrons. The second-order valence-corrected chi connectivity index (χ2v) is 11.7. The van der Waals surface area contributed by atoms with Gasteiger partial charge in [-0.1, -0.05) is 54.1 Å². The number of carbonyl (C=O) groups is 4. The maximum Gasteiger partial charge on any atom is 0.490 e. The van der Waals surface area contributed by atoms with E-state index >= 15 is 0 Å². The molecule has 0 saturated carbocycles. The van der Waals surface area contributed by atoms with Crippen molar-refractivity contribution in [2.24, 2.45) is 0 Å². The van der Waals surface area contributed by atoms with Gasteiger partial charge in [0.2, 0.25) is 5.91 Å². The Labute approximate surface area is 288 Å². The first kappa shape index (κ1) is 39.8. The maximum absolute atomic E-state index is 13.4. The molecule has 0 atom stereocenters. The highest BCUT2D eigenvalue weighted by Crippen LogP contribution is 2.28. The first-order chi connectivity index (χ1) is 23.3. The summed E-state index contributed by atoms with van der Waals surface area (Å²) in [6, 6.07) is 23.2. The average Bonchev–Trinajstić information content (AvgIpc) is 3.18. The lowest BCUT2D eigenvalue weighted by molar-refractivity contribution is -0.193. The molecule has 5 rings (SSSR count). The van der Waals surface area contributed by atoms with Crippen molar-refractivity contribution in [3.05, 3.63) is 100 Å². The van der Waals surface area contributed by atoms with E-state index in [0.717, 1.165) is 49.5 Å². The number of alkyl halides is 6. The van der Waals surface area contributed by atoms with E-state index in [0.29, 0.717) is 23.7 Å². The van der Waals surface area contributed by atoms with Gasteiger partial charge in [-0.2, -0.15) is 26.3 Å². The Morgan fingerprint density at radius 2 is 1.20 bits per heavy atom. The van der Waals surface area contributed by atoms with Crippen molar-refractivity contribution in [3.63, 3.8) is 0 Å². The van der Waals surface area contributed by atoms with Gasteiger partial charge in [0, 0.05) is 55.5 Å². The number of fused-ring (bicyclic) bond motifs is 1. The number of likely N-dealkylation sites (N-methyl/N-ethyl adjacent to an activating group) is 1. The van der Waals surface area contributed by atoms with Crippen molar-refractivity contribution in [3.8, 4) is 0 Å². The van der Waals surface area contributed by atoms with Gasteiger partial charge in [0.05, 0.1) is 6.54 Å². The van der Waals surface area contributed by atoms with Gasteiger partial charge < -0.3 is 24.9 Å². The largest absolute Gasteiger partial charge is 0.490 e. The van der Waals surface area contributed by atoms with Gasteiger partial charge in [-0.3, -0.25) is 14.5 Å². The molecule has 0 spiro atoms. The predicted octanol–water partition coefficient (Wildman–Crippen LogP) is 5.54. The van der Waals surface area contributed by atoms with Crippen LogP contribution in [0, 0.1) is 0 Å². The summed E-state index contributed by atoms with van der Waals surface area (Å²) in [7, 11) is 2.17. The third kappa shape index (κ3) is 12.0. The van der Waals surface area contributed by atoms with Crippen LogP contribution in [0.2, 0.25) is 5.02 Å². The molecule has 2 amide bonds. The van der Waals surface area contributed by atoms with Crippen LogP contribution in [0.1, 0.15) is 27.0 Å². The zero-order valence-corrected chi connectivity index (χ0v) is 27.3. The molecule has 2 N–H and O–H groups in total. The number of halogens is 7. The Bertz CT molecular complexity index is 1610. The zero-order valence-electron chi connectivity index (χ0n) is 26.5. The van der Waals surface area contributed by atoms with Crippen molar-refractivity contribution in [2.45, 2.75) is 32.0 Å². The summed E-state index contributed by atoms with van der Waals surface area (Å²) in [4.78, 5) is 52.7. The minimum absolute atomic E-state index is 0.0254. The number of benzene rings is 3. The topological polar surface area (TPSA) is 122 Å². The van der Waals surface area contributed by atoms with E-state index in [2.05, 4.69) is 41.1 Å². The standard InChI is InChI=1S/C29H31ClN4O2.2C2HF3O2/c1-31-14-16-32(17-15-31)18-22-6-8-23(9-7-22)19-34-27-5-3-2-4-25(27)20-33(21-28(34)35)29(36)24-10-12-26(30)13-11-24;2*3-2(4,5)1(6)7/h2-13H,14-21H2,1H3;2*(H,6,7). The molecule has 0 radical (unpaired) electrons. The van der Waals surface area contributed by atoms with Crippen LogP contribution < -0.4 is 4.90 Å². The molecule has 3 aromatic carbocycles. The van der Waals surface area contributed by atoms with Crippen LogP contribution in [0.15, 0.2) is 72.8 Å². The van der Waals surface area contributed by atoms with Crippen molar-refractivity contribution in [2.75, 3.05) is 44.7 Å². The Morgan fingerprint density at radius 1 is 0.720 bits per heavy atom. The van der Waals surface area contributed by atoms with Crippen LogP contribution in [0.5, 0.6) is 0 Å². The van der Waals surface area contributed by atoms with Crippen LogP contribution in [0.25, 0.3) is 0 Å². The van der Waals surface area contributed by atoms with Gasteiger partial charge in [0.1, 0.15) is 6.54 Å². The van der Waals surface area contributed by atoms with E-state index < -0.39 is 24.3 Å². The summed E-state index contributed by atoms with van der Waals surface area (Å²) in [5, 5.41) is 14.8. The Kier molecular flexibility index (Phi) is 13.8. The Morgan fingerprint density at radius 3 is 1.70 bits per heavy atom. The van der Waals surface area contributed by atoms with Gasteiger partial charge in [0.15, 0.2) is 0 Å². The predicted molar refractivity (Wildman–Crippen MR) is 170 cm³/mol. The van der Waals surface area contributed by atoms with E-state index in [-0.39, 0.29) is 18.4 Å². The zero-order chi connectivity index (χ0) is 37.2. The molecule has 0 bridgehead atoms. The Balaban J connectivity index is 0.000000408. The van der Waals surface area contributed by atoms with Crippen LogP contribution in [0.4, 0.5) is 32.0 Å². The monoisotopic (exact) mass is 730 g/mol. The maximum atomic E-state index is 13.4. The Hall–Kier alpha value is -4.67. The number of amides is 2. The highest BCUT2D eigenvalue weighted by molar-refractivity contribution is 6.30. The minimum Gasteiger partial charge on any atom is -0.475 e. The lowest BCUT2D eigenvalue weighted by Gasteiger charge is -2.32. The van der Waals surface area contributed by atoms with Gasteiger partial charge in [-0.05, 0) is 54.1 Å². The van der Waals surface area contributed by atoms with Crippen LogP contribution in [0.3, 0.4) is 0 Å². The number of hydrogen-bond acceptors (Lipinski definition) is 6. The SMILES string of the molecule is CN1CCN(Cc2ccc(CN3C(=O)CN(C(=O)c4ccc(Cl)cc4)Cc4ccccc43)cc2)CC1.O=C(O)C(F)(F)F.O=C(O)C(F)(F)F. The number of carboxylic acids is 2. The van der Waals surface area contributed by atoms with E-state index in [4.69, 9.17) is 31.4 Å². The van der Waals surface area contributed by atoms with Crippen molar-refractivity contribution >= 4 is 41.0 Å². The molecule has 1 fully saturated rings. The number of hydrogen-bond donors (Lipinski definition) is 2. The van der Waals surface area contributed by atoms with Crippen LogP contribution in [-0.4, -0.2) is 101 Å².